The molecule has 106 valence electrons. The molecule has 1 atom stereocenters. The SMILES string of the molecule is CC(C)COCCNC(=O)NC(CCO)C(=O)O. The Morgan fingerprint density at radius 3 is 2.50 bits per heavy atom. The second-order valence-electron chi connectivity index (χ2n) is 4.27. The molecular weight excluding hydrogens is 240 g/mol. The molecule has 0 heterocycles. The Kier molecular flexibility index (Phi) is 8.95. The second-order valence-corrected chi connectivity index (χ2v) is 4.27. The molecule has 0 saturated carbocycles. The van der Waals surface area contributed by atoms with Gasteiger partial charge in [-0.05, 0) is 5.92 Å². The van der Waals surface area contributed by atoms with Gasteiger partial charge in [-0.1, -0.05) is 13.8 Å². The van der Waals surface area contributed by atoms with Crippen molar-refractivity contribution >= 4 is 12.0 Å². The zero-order chi connectivity index (χ0) is 14.0. The summed E-state index contributed by atoms with van der Waals surface area (Å²) in [4.78, 5) is 22.0. The van der Waals surface area contributed by atoms with Gasteiger partial charge in [-0.15, -0.1) is 0 Å². The Hall–Kier alpha value is -1.34. The summed E-state index contributed by atoms with van der Waals surface area (Å²) < 4.78 is 5.25. The van der Waals surface area contributed by atoms with E-state index in [9.17, 15) is 9.59 Å². The highest BCUT2D eigenvalue weighted by Gasteiger charge is 2.18. The van der Waals surface area contributed by atoms with Gasteiger partial charge in [-0.2, -0.15) is 0 Å². The van der Waals surface area contributed by atoms with Crippen molar-refractivity contribution in [3.63, 3.8) is 0 Å². The van der Waals surface area contributed by atoms with Gasteiger partial charge in [-0.25, -0.2) is 9.59 Å². The van der Waals surface area contributed by atoms with Gasteiger partial charge in [0.2, 0.25) is 0 Å². The van der Waals surface area contributed by atoms with Crippen LogP contribution < -0.4 is 10.6 Å². The van der Waals surface area contributed by atoms with Gasteiger partial charge in [0, 0.05) is 26.2 Å². The average Bonchev–Trinajstić information content (AvgIpc) is 2.27. The van der Waals surface area contributed by atoms with E-state index in [2.05, 4.69) is 10.6 Å². The molecule has 0 spiro atoms. The fraction of sp³-hybridized carbons (Fsp3) is 0.818. The van der Waals surface area contributed by atoms with Crippen molar-refractivity contribution in [2.24, 2.45) is 5.92 Å². The summed E-state index contributed by atoms with van der Waals surface area (Å²) in [5.41, 5.74) is 0. The van der Waals surface area contributed by atoms with Crippen molar-refractivity contribution in [3.8, 4) is 0 Å². The quantitative estimate of drug-likeness (QED) is 0.430. The van der Waals surface area contributed by atoms with Crippen LogP contribution in [0, 0.1) is 5.92 Å². The summed E-state index contributed by atoms with van der Waals surface area (Å²) in [6.07, 6.45) is -0.0212. The molecule has 2 amide bonds. The minimum Gasteiger partial charge on any atom is -0.480 e. The number of nitrogens with one attached hydrogen (secondary N) is 2. The van der Waals surface area contributed by atoms with E-state index in [0.717, 1.165) is 0 Å². The number of ether oxygens (including phenoxy) is 1. The molecule has 18 heavy (non-hydrogen) atoms. The molecular formula is C11H22N2O5. The van der Waals surface area contributed by atoms with E-state index in [-0.39, 0.29) is 13.0 Å². The van der Waals surface area contributed by atoms with Crippen LogP contribution in [0.25, 0.3) is 0 Å². The van der Waals surface area contributed by atoms with E-state index in [1.54, 1.807) is 0 Å². The molecule has 0 saturated heterocycles. The molecule has 0 aromatic heterocycles. The van der Waals surface area contributed by atoms with Crippen molar-refractivity contribution < 1.29 is 24.5 Å². The largest absolute Gasteiger partial charge is 0.480 e. The lowest BCUT2D eigenvalue weighted by atomic mass is 10.2. The minimum atomic E-state index is -1.17. The van der Waals surface area contributed by atoms with Crippen LogP contribution >= 0.6 is 0 Å². The molecule has 0 aliphatic rings. The third-order valence-electron chi connectivity index (χ3n) is 2.00. The molecule has 0 aromatic carbocycles. The number of carboxylic acids is 1. The molecule has 0 radical (unpaired) electrons. The van der Waals surface area contributed by atoms with Gasteiger partial charge in [0.05, 0.1) is 6.61 Å². The zero-order valence-corrected chi connectivity index (χ0v) is 10.8. The number of amides is 2. The van der Waals surface area contributed by atoms with E-state index >= 15 is 0 Å². The number of hydrogen-bond donors (Lipinski definition) is 4. The maximum atomic E-state index is 11.3. The van der Waals surface area contributed by atoms with Crippen LogP contribution in [-0.4, -0.2) is 54.6 Å². The van der Waals surface area contributed by atoms with Crippen LogP contribution in [-0.2, 0) is 9.53 Å². The first-order valence-electron chi connectivity index (χ1n) is 5.93. The standard InChI is InChI=1S/C11H22N2O5/c1-8(2)7-18-6-4-12-11(17)13-9(3-5-14)10(15)16/h8-9,14H,3-7H2,1-2H3,(H,15,16)(H2,12,13,17). The van der Waals surface area contributed by atoms with Crippen molar-refractivity contribution in [2.45, 2.75) is 26.3 Å². The Morgan fingerprint density at radius 1 is 1.33 bits per heavy atom. The topological polar surface area (TPSA) is 108 Å². The number of rotatable bonds is 9. The smallest absolute Gasteiger partial charge is 0.326 e. The lowest BCUT2D eigenvalue weighted by molar-refractivity contribution is -0.139. The third kappa shape index (κ3) is 8.77. The van der Waals surface area contributed by atoms with E-state index in [4.69, 9.17) is 14.9 Å². The summed E-state index contributed by atoms with van der Waals surface area (Å²) in [5, 5.41) is 22.1. The van der Waals surface area contributed by atoms with E-state index in [0.29, 0.717) is 25.7 Å². The van der Waals surface area contributed by atoms with Crippen molar-refractivity contribution in [1.29, 1.82) is 0 Å². The lowest BCUT2D eigenvalue weighted by Gasteiger charge is -2.14. The Bertz CT molecular complexity index is 258. The predicted octanol–water partition coefficient (Wildman–Crippen LogP) is -0.206. The summed E-state index contributed by atoms with van der Waals surface area (Å²) >= 11 is 0. The molecule has 0 aliphatic carbocycles. The second kappa shape index (κ2) is 9.67. The normalized spacial score (nSPS) is 12.2. The molecule has 0 bridgehead atoms. The van der Waals surface area contributed by atoms with Gasteiger partial charge in [0.15, 0.2) is 0 Å². The predicted molar refractivity (Wildman–Crippen MR) is 65.3 cm³/mol. The number of aliphatic carboxylic acids is 1. The average molecular weight is 262 g/mol. The van der Waals surface area contributed by atoms with Gasteiger partial charge in [-0.3, -0.25) is 0 Å². The minimum absolute atomic E-state index is 0.0212. The van der Waals surface area contributed by atoms with E-state index in [1.165, 1.54) is 0 Å². The summed E-state index contributed by atoms with van der Waals surface area (Å²) in [6.45, 7) is 5.05. The number of urea groups is 1. The van der Waals surface area contributed by atoms with Crippen LogP contribution in [0.1, 0.15) is 20.3 Å². The molecule has 7 heteroatoms. The van der Waals surface area contributed by atoms with Gasteiger partial charge >= 0.3 is 12.0 Å². The summed E-state index contributed by atoms with van der Waals surface area (Å²) in [7, 11) is 0. The van der Waals surface area contributed by atoms with Crippen LogP contribution in [0.2, 0.25) is 0 Å². The highest BCUT2D eigenvalue weighted by molar-refractivity contribution is 5.82. The van der Waals surface area contributed by atoms with Crippen molar-refractivity contribution in [2.75, 3.05) is 26.4 Å². The van der Waals surface area contributed by atoms with Crippen LogP contribution in [0.5, 0.6) is 0 Å². The fourth-order valence-electron chi connectivity index (χ4n) is 1.15. The maximum absolute atomic E-state index is 11.3. The molecule has 7 nitrogen and oxygen atoms in total. The molecule has 1 unspecified atom stereocenters. The Labute approximate surface area is 107 Å². The first-order chi connectivity index (χ1) is 8.47. The van der Waals surface area contributed by atoms with Crippen molar-refractivity contribution in [3.05, 3.63) is 0 Å². The van der Waals surface area contributed by atoms with Crippen LogP contribution in [0.3, 0.4) is 0 Å². The molecule has 4 N–H and O–H groups in total. The zero-order valence-electron chi connectivity index (χ0n) is 10.8. The van der Waals surface area contributed by atoms with Gasteiger partial charge in [0.1, 0.15) is 6.04 Å². The molecule has 0 rings (SSSR count). The number of carbonyl (C=O) groups excluding carboxylic acids is 1. The summed E-state index contributed by atoms with van der Waals surface area (Å²) in [5.74, 6) is -0.741. The van der Waals surface area contributed by atoms with Crippen LogP contribution in [0.4, 0.5) is 4.79 Å². The lowest BCUT2D eigenvalue weighted by Crippen LogP contribution is -2.47. The van der Waals surface area contributed by atoms with E-state index < -0.39 is 18.0 Å². The number of carbonyl (C=O) groups is 2. The maximum Gasteiger partial charge on any atom is 0.326 e. The van der Waals surface area contributed by atoms with E-state index in [1.807, 2.05) is 13.8 Å². The highest BCUT2D eigenvalue weighted by atomic mass is 16.5. The summed E-state index contributed by atoms with van der Waals surface area (Å²) in [6, 6.07) is -1.66. The van der Waals surface area contributed by atoms with Gasteiger partial charge in [0.25, 0.3) is 0 Å². The van der Waals surface area contributed by atoms with Crippen LogP contribution in [0.15, 0.2) is 0 Å². The monoisotopic (exact) mass is 262 g/mol. The fourth-order valence-corrected chi connectivity index (χ4v) is 1.15. The molecule has 0 fully saturated rings. The number of aliphatic hydroxyl groups excluding tert-OH is 1. The number of aliphatic hydroxyl groups is 1. The number of carboxylic acid groups (broad SMARTS) is 1. The third-order valence-corrected chi connectivity index (χ3v) is 2.00. The molecule has 0 aromatic rings. The Balaban J connectivity index is 3.71. The molecule has 0 aliphatic heterocycles. The first-order valence-corrected chi connectivity index (χ1v) is 5.93. The Morgan fingerprint density at radius 2 is 2.00 bits per heavy atom. The first kappa shape index (κ1) is 16.7. The van der Waals surface area contributed by atoms with Gasteiger partial charge < -0.3 is 25.6 Å². The number of hydrogen-bond acceptors (Lipinski definition) is 4. The van der Waals surface area contributed by atoms with Crippen molar-refractivity contribution in [1.82, 2.24) is 10.6 Å². The highest BCUT2D eigenvalue weighted by Crippen LogP contribution is 1.92.